The van der Waals surface area contributed by atoms with E-state index in [1.54, 1.807) is 113 Å². The molecule has 1 aromatic heterocycles. The normalized spacial score (nSPS) is 9.76. The van der Waals surface area contributed by atoms with Crippen LogP contribution in [0.3, 0.4) is 0 Å². The standard InChI is InChI=1S/C24H25BFNO2.S121/c1-16-13-22(27-15-21(16)18-7-6-8-20(26)14-18)17-9-11-19(12-10-17)25-28-23(2,3)24(4,5)29-25;1-3-5-7-9-11-13-15-17-19-21-23-25-27-29-31-33-35-37-39-41-43-45-47-49-51-53-55-57-59-61-63-65-67-69-71-73-75-77-79-81-83-85-87-89-91-93-95-97-99-101-103-105-107-109-111-113-115-117-119-121-120-118-116-114-112-110-108-106-104-102-100-98-96-94-92-90-88-86-84-82-80-78-76-74-72-70-68-66-64-62-60-58-56-54-52-50-48-46-44-42-40-38-36-34-32-30-28-26-24-22-20-18-16-14-12-10-8-6-4-2/h6-15H,1-5H3;. The maximum Gasteiger partial charge on any atom is 0.494 e. The number of nitrogens with zero attached hydrogens (tertiary/aromatic N) is 1. The van der Waals surface area contributed by atoms with Crippen LogP contribution in [0.5, 0.6) is 0 Å². The largest absolute Gasteiger partial charge is 0.494 e. The van der Waals surface area contributed by atoms with Gasteiger partial charge in [0.05, 0.1) is 16.9 Å². The lowest BCUT2D eigenvalue weighted by Crippen LogP contribution is -2.41. The third-order valence-electron chi connectivity index (χ3n) is 9.26. The van der Waals surface area contributed by atoms with Gasteiger partial charge < -0.3 is 9.31 Å². The molecule has 0 radical (unpaired) electrons. The summed E-state index contributed by atoms with van der Waals surface area (Å²) < 4.78 is 25.8. The molecule has 0 aliphatic carbocycles. The molecule has 126 heteroatoms. The Morgan fingerprint density at radius 2 is 0.347 bits per heavy atom. The quantitative estimate of drug-likeness (QED) is 0.350. The average molecular weight is 4270 g/mol. The summed E-state index contributed by atoms with van der Waals surface area (Å²) in [4.78, 5) is 4.60. The number of aryl methyl sites for hydroxylation is 1. The van der Waals surface area contributed by atoms with E-state index in [2.05, 4.69) is 4.98 Å². The van der Waals surface area contributed by atoms with Crippen molar-refractivity contribution in [2.75, 3.05) is 0 Å². The molecule has 2 aromatic carbocycles. The fourth-order valence-electron chi connectivity index (χ4n) is 4.79. The lowest BCUT2D eigenvalue weighted by atomic mass is 9.78. The Balaban J connectivity index is 0.00000167. The molecule has 0 atom stereocenters. The van der Waals surface area contributed by atoms with Crippen molar-refractivity contribution in [1.29, 1.82) is 0 Å². The van der Waals surface area contributed by atoms with Gasteiger partial charge in [-0.15, -0.1) is 0 Å². The zero-order valence-electron chi connectivity index (χ0n) is 66.9. The number of halogens is 1. The summed E-state index contributed by atoms with van der Waals surface area (Å²) in [6, 6.07) is 16.7. The predicted octanol–water partition coefficient (Wildman–Crippen LogP) is 4.87. The van der Waals surface area contributed by atoms with Gasteiger partial charge in [-0.2, -0.15) is 0 Å². The molecule has 3 nitrogen and oxygen atoms in total. The Morgan fingerprint density at radius 1 is 0.200 bits per heavy atom. The minimum absolute atomic E-state index is 0.246. The lowest BCUT2D eigenvalue weighted by molar-refractivity contribution is 0.00578. The van der Waals surface area contributed by atoms with E-state index in [9.17, 15) is 4.39 Å². The third kappa shape index (κ3) is 119. The van der Waals surface area contributed by atoms with E-state index in [4.69, 9.17) is 31.7 Å². The van der Waals surface area contributed by atoms with Crippen molar-refractivity contribution in [3.8, 4) is 22.4 Å². The Hall–Kier alpha value is 24.1. The zero-order chi connectivity index (χ0) is 107. The Bertz CT molecular complexity index is 11000. The maximum atomic E-state index is 13.5. The molecule has 0 spiro atoms. The van der Waals surface area contributed by atoms with Gasteiger partial charge in [0.2, 0.25) is 0 Å². The van der Waals surface area contributed by atoms with Crippen LogP contribution in [0.25, 0.3) is 22.4 Å². The number of hydrogen-bond acceptors (Lipinski definition) is 5. The molecule has 0 unspecified atom stereocenters. The first-order valence-corrected chi connectivity index (χ1v) is 190. The van der Waals surface area contributed by atoms with Gasteiger partial charge in [0.15, 0.2) is 0 Å². The SMILES string of the molecule is Cc1cc(-c2ccc(B3OC(C)(C)C(C)(C)O3)cc2)ncc1-c1cccc(F)c1.S=S=S=S=S=S=S=S=S=S=S=S=S=S=S=S=S=S=S=S=S=S=S=S=S=S=S=S=S=S=S=S=S=S=S=S=S=S=S=S=S=S=S=S=S=S=S=S=S=S=S=S=S=S=S=S=S=S=S=S=S=S=S=S=S=S=S=S=S=S=S=S=S=S=S=S=S=S=S=S=S=S=S=S=S=S=S=S=S=S=S=S=S=S=S=S=S=S=S=S=S=S=S=S=S=S=S=S=S=S=S=S=S=S=S=S=S=S=S=S=S. The fourth-order valence-corrected chi connectivity index (χ4v) is 326. The zero-order valence-corrected chi connectivity index (χ0v) is 166. The highest BCUT2D eigenvalue weighted by molar-refractivity contribution is 8.89. The molecule has 1 aliphatic heterocycles. The highest BCUT2D eigenvalue weighted by Gasteiger charge is 2.51. The highest BCUT2D eigenvalue weighted by Crippen LogP contribution is 2.36. The summed E-state index contributed by atoms with van der Waals surface area (Å²) in [5, 5.41) is 0. The molecule has 874 valence electrons. The molecule has 0 bridgehead atoms. The van der Waals surface area contributed by atoms with Crippen LogP contribution in [0.4, 0.5) is 4.39 Å². The average Bonchev–Trinajstić information content (AvgIpc) is 1.62. The van der Waals surface area contributed by atoms with Crippen molar-refractivity contribution in [3.05, 3.63) is 72.2 Å². The van der Waals surface area contributed by atoms with Gasteiger partial charge in [-0.25, -0.2) is 4.39 Å². The summed E-state index contributed by atoms with van der Waals surface area (Å²) in [5.41, 5.74) is 4.97. The van der Waals surface area contributed by atoms with Crippen molar-refractivity contribution >= 4 is 1090 Å². The number of rotatable bonds is 3. The van der Waals surface area contributed by atoms with Crippen LogP contribution in [0.2, 0.25) is 0 Å². The fraction of sp³-hybridized carbons (Fsp3) is 0.292. The summed E-state index contributed by atoms with van der Waals surface area (Å²) in [5.74, 6) is -0.246. The smallest absolute Gasteiger partial charge is 0.399 e. The van der Waals surface area contributed by atoms with Crippen molar-refractivity contribution < 1.29 is 13.7 Å². The first kappa shape index (κ1) is 168. The number of hydrogen-bond donors (Lipinski definition) is 0. The number of aromatic nitrogens is 1. The Labute approximate surface area is 1210 Å². The van der Waals surface area contributed by atoms with E-state index in [1.807, 2.05) is 1010 Å². The molecule has 2 heterocycles. The number of benzene rings is 2. The van der Waals surface area contributed by atoms with E-state index < -0.39 is 0 Å². The molecular weight excluding hydrogens is 4240 g/mol. The van der Waals surface area contributed by atoms with E-state index in [1.165, 1.54) is 29.9 Å². The molecular formula is C24H25BFNO2S121. The minimum atomic E-state index is -0.376. The molecule has 4 rings (SSSR count). The Kier molecular flexibility index (Phi) is 156. The first-order valence-electron chi connectivity index (χ1n) is 29.8. The van der Waals surface area contributed by atoms with Crippen molar-refractivity contribution in [2.45, 2.75) is 45.8 Å². The van der Waals surface area contributed by atoms with Gasteiger partial charge in [0.25, 0.3) is 0 Å². The molecule has 1 aliphatic rings. The van der Waals surface area contributed by atoms with Gasteiger partial charge in [-0.05, 0) is 69.4 Å². The second-order valence-electron chi connectivity index (χ2n) is 16.7. The maximum absolute atomic E-state index is 13.5. The molecule has 1 saturated heterocycles. The second kappa shape index (κ2) is 139. The summed E-state index contributed by atoms with van der Waals surface area (Å²) >= 11 is 9.67. The van der Waals surface area contributed by atoms with Crippen LogP contribution in [0.1, 0.15) is 33.3 Å². The molecule has 0 N–H and O–H groups in total. The van der Waals surface area contributed by atoms with Crippen LogP contribution in [0.15, 0.2) is 60.8 Å². The lowest BCUT2D eigenvalue weighted by Gasteiger charge is -2.32. The van der Waals surface area contributed by atoms with E-state index in [-0.39, 0.29) is 24.1 Å². The van der Waals surface area contributed by atoms with Crippen LogP contribution >= 0.6 is 0 Å². The summed E-state index contributed by atoms with van der Waals surface area (Å²) in [7, 11) is 215. The summed E-state index contributed by atoms with van der Waals surface area (Å²) in [6.07, 6.45) is 1.81. The molecule has 0 saturated carbocycles. The van der Waals surface area contributed by atoms with Crippen molar-refractivity contribution in [1.82, 2.24) is 4.98 Å². The van der Waals surface area contributed by atoms with Crippen molar-refractivity contribution in [3.63, 3.8) is 0 Å². The predicted molar refractivity (Wildman–Crippen MR) is 1010 cm³/mol. The van der Waals surface area contributed by atoms with Gasteiger partial charge in [0, 0.05) is 1100 Å². The minimum Gasteiger partial charge on any atom is -0.399 e. The third-order valence-corrected chi connectivity index (χ3v) is 271. The van der Waals surface area contributed by atoms with Crippen LogP contribution in [-0.4, -0.2) is 23.3 Å². The van der Waals surface area contributed by atoms with E-state index in [0.717, 1.165) is 33.4 Å². The van der Waals surface area contributed by atoms with E-state index in [0.29, 0.717) is 0 Å². The van der Waals surface area contributed by atoms with Crippen LogP contribution in [-0.2, 0) is 1090 Å². The topological polar surface area (TPSA) is 31.4 Å². The van der Waals surface area contributed by atoms with Crippen LogP contribution < -0.4 is 5.46 Å². The van der Waals surface area contributed by atoms with Crippen molar-refractivity contribution in [2.24, 2.45) is 0 Å². The second-order valence-corrected chi connectivity index (χ2v) is 227. The van der Waals surface area contributed by atoms with Gasteiger partial charge in [-0.1, -0.05) is 36.4 Å². The Morgan fingerprint density at radius 3 is 0.480 bits per heavy atom. The van der Waals surface area contributed by atoms with Gasteiger partial charge in [0.1, 0.15) is 5.82 Å². The monoisotopic (exact) mass is 4260 g/mol. The molecule has 150 heavy (non-hydrogen) atoms. The highest BCUT2D eigenvalue weighted by atomic mass is 33.6. The molecule has 0 amide bonds. The van der Waals surface area contributed by atoms with Gasteiger partial charge in [-0.3, -0.25) is 4.98 Å². The van der Waals surface area contributed by atoms with Crippen LogP contribution in [0, 0.1) is 12.7 Å². The van der Waals surface area contributed by atoms with E-state index >= 15 is 0 Å². The number of pyridine rings is 1. The summed E-state index contributed by atoms with van der Waals surface area (Å²) in [6.45, 7) is 10.2. The van der Waals surface area contributed by atoms with Gasteiger partial charge >= 0.3 is 7.12 Å². The molecule has 1 fully saturated rings. The first-order chi connectivity index (χ1) is 74.1. The molecule has 3 aromatic rings.